The summed E-state index contributed by atoms with van der Waals surface area (Å²) in [7, 11) is 0. The van der Waals surface area contributed by atoms with Crippen molar-refractivity contribution in [3.63, 3.8) is 0 Å². The first-order valence-corrected chi connectivity index (χ1v) is 9.78. The number of nitrogens with one attached hydrogen (secondary N) is 1. The van der Waals surface area contributed by atoms with E-state index in [1.165, 1.54) is 5.56 Å². The zero-order valence-corrected chi connectivity index (χ0v) is 16.8. The van der Waals surface area contributed by atoms with Gasteiger partial charge in [0.1, 0.15) is 5.75 Å². The quantitative estimate of drug-likeness (QED) is 0.857. The summed E-state index contributed by atoms with van der Waals surface area (Å²) in [5, 5.41) is 3.01. The van der Waals surface area contributed by atoms with Crippen LogP contribution in [0.15, 0.2) is 42.5 Å². The topological polar surface area (TPSA) is 58.6 Å². The molecular formula is C23H28N2O3. The van der Waals surface area contributed by atoms with Crippen LogP contribution in [0.2, 0.25) is 0 Å². The van der Waals surface area contributed by atoms with Gasteiger partial charge in [-0.2, -0.15) is 0 Å². The highest BCUT2D eigenvalue weighted by atomic mass is 16.5. The number of carbonyl (C=O) groups excluding carboxylic acids is 2. The van der Waals surface area contributed by atoms with Gasteiger partial charge in [-0.3, -0.25) is 9.59 Å². The van der Waals surface area contributed by atoms with Gasteiger partial charge >= 0.3 is 0 Å². The predicted molar refractivity (Wildman–Crippen MR) is 111 cm³/mol. The maximum absolute atomic E-state index is 12.5. The molecule has 2 amide bonds. The van der Waals surface area contributed by atoms with Gasteiger partial charge in [0, 0.05) is 24.7 Å². The summed E-state index contributed by atoms with van der Waals surface area (Å²) in [5.74, 6) is 0.630. The summed E-state index contributed by atoms with van der Waals surface area (Å²) in [6.07, 6.45) is 1.35. The highest BCUT2D eigenvalue weighted by Gasteiger charge is 2.27. The summed E-state index contributed by atoms with van der Waals surface area (Å²) in [6, 6.07) is 13.6. The highest BCUT2D eigenvalue weighted by Crippen LogP contribution is 2.21. The minimum atomic E-state index is -0.0660. The summed E-state index contributed by atoms with van der Waals surface area (Å²) in [5.41, 5.74) is 4.35. The molecule has 2 aromatic rings. The van der Waals surface area contributed by atoms with Gasteiger partial charge in [-0.15, -0.1) is 0 Å². The van der Waals surface area contributed by atoms with Gasteiger partial charge in [0.25, 0.3) is 5.91 Å². The van der Waals surface area contributed by atoms with E-state index < -0.39 is 0 Å². The Morgan fingerprint density at radius 1 is 1.00 bits per heavy atom. The van der Waals surface area contributed by atoms with Crippen LogP contribution in [0.5, 0.6) is 5.75 Å². The number of aryl methyl sites for hydroxylation is 3. The summed E-state index contributed by atoms with van der Waals surface area (Å²) < 4.78 is 5.58. The Balaban J connectivity index is 1.45. The molecule has 3 rings (SSSR count). The molecule has 0 saturated carbocycles. The average Bonchev–Trinajstić information content (AvgIpc) is 2.70. The smallest absolute Gasteiger partial charge is 0.260 e. The van der Waals surface area contributed by atoms with Crippen LogP contribution in [0.25, 0.3) is 0 Å². The molecule has 1 N–H and O–H groups in total. The molecule has 0 aliphatic carbocycles. The monoisotopic (exact) mass is 380 g/mol. The van der Waals surface area contributed by atoms with Crippen LogP contribution in [-0.2, 0) is 9.59 Å². The van der Waals surface area contributed by atoms with Crippen LogP contribution in [0.4, 0.5) is 5.69 Å². The van der Waals surface area contributed by atoms with Gasteiger partial charge < -0.3 is 15.0 Å². The van der Waals surface area contributed by atoms with Crippen LogP contribution >= 0.6 is 0 Å². The predicted octanol–water partition coefficient (Wildman–Crippen LogP) is 3.87. The molecule has 0 radical (unpaired) electrons. The van der Waals surface area contributed by atoms with Crippen molar-refractivity contribution in [1.82, 2.24) is 4.90 Å². The van der Waals surface area contributed by atoms with E-state index in [0.717, 1.165) is 16.8 Å². The Morgan fingerprint density at radius 2 is 1.68 bits per heavy atom. The Kier molecular flexibility index (Phi) is 6.34. The number of amides is 2. The van der Waals surface area contributed by atoms with Gasteiger partial charge in [0.2, 0.25) is 5.91 Å². The third-order valence-electron chi connectivity index (χ3n) is 5.38. The lowest BCUT2D eigenvalue weighted by molar-refractivity contribution is -0.136. The van der Waals surface area contributed by atoms with E-state index in [1.54, 1.807) is 4.90 Å². The van der Waals surface area contributed by atoms with E-state index in [1.807, 2.05) is 56.3 Å². The molecule has 2 aromatic carbocycles. The number of likely N-dealkylation sites (tertiary alicyclic amines) is 1. The minimum Gasteiger partial charge on any atom is -0.484 e. The normalized spacial score (nSPS) is 14.6. The second kappa shape index (κ2) is 8.91. The minimum absolute atomic E-state index is 0.0303. The van der Waals surface area contributed by atoms with Crippen molar-refractivity contribution in [3.05, 3.63) is 59.2 Å². The molecule has 1 aliphatic rings. The molecule has 0 atom stereocenters. The van der Waals surface area contributed by atoms with Crippen molar-refractivity contribution in [3.8, 4) is 5.75 Å². The number of rotatable bonds is 5. The number of nitrogens with zero attached hydrogens (tertiary/aromatic N) is 1. The molecule has 1 fully saturated rings. The SMILES string of the molecule is Cc1ccc(OCC(=O)N2CCC(C(=O)Nc3ccc(C)c(C)c3)CC2)cc1. The summed E-state index contributed by atoms with van der Waals surface area (Å²) in [4.78, 5) is 26.7. The number of carbonyl (C=O) groups is 2. The lowest BCUT2D eigenvalue weighted by Crippen LogP contribution is -2.43. The molecule has 5 heteroatoms. The first-order chi connectivity index (χ1) is 13.4. The summed E-state index contributed by atoms with van der Waals surface area (Å²) >= 11 is 0. The fraction of sp³-hybridized carbons (Fsp3) is 0.391. The van der Waals surface area contributed by atoms with Crippen molar-refractivity contribution in [2.75, 3.05) is 25.0 Å². The average molecular weight is 380 g/mol. The van der Waals surface area contributed by atoms with E-state index in [4.69, 9.17) is 4.74 Å². The van der Waals surface area contributed by atoms with Crippen molar-refractivity contribution in [2.45, 2.75) is 33.6 Å². The maximum atomic E-state index is 12.5. The third-order valence-corrected chi connectivity index (χ3v) is 5.38. The van der Waals surface area contributed by atoms with Gasteiger partial charge in [0.05, 0.1) is 0 Å². The standard InChI is InChI=1S/C23H28N2O3/c1-16-4-8-21(9-5-16)28-15-22(26)25-12-10-19(11-13-25)23(27)24-20-7-6-17(2)18(3)14-20/h4-9,14,19H,10-13,15H2,1-3H3,(H,24,27). The number of piperidine rings is 1. The molecule has 1 heterocycles. The molecule has 5 nitrogen and oxygen atoms in total. The largest absolute Gasteiger partial charge is 0.484 e. The van der Waals surface area contributed by atoms with Gasteiger partial charge in [0.15, 0.2) is 6.61 Å². The number of ether oxygens (including phenoxy) is 1. The van der Waals surface area contributed by atoms with Crippen LogP contribution in [-0.4, -0.2) is 36.4 Å². The first-order valence-electron chi connectivity index (χ1n) is 9.78. The van der Waals surface area contributed by atoms with Crippen LogP contribution in [0, 0.1) is 26.7 Å². The zero-order chi connectivity index (χ0) is 20.1. The molecule has 0 bridgehead atoms. The second-order valence-electron chi connectivity index (χ2n) is 7.55. The third kappa shape index (κ3) is 5.12. The zero-order valence-electron chi connectivity index (χ0n) is 16.8. The number of hydrogen-bond donors (Lipinski definition) is 1. The van der Waals surface area contributed by atoms with Crippen LogP contribution in [0.1, 0.15) is 29.5 Å². The lowest BCUT2D eigenvalue weighted by Gasteiger charge is -2.31. The number of benzene rings is 2. The van der Waals surface area contributed by atoms with Gasteiger partial charge in [-0.25, -0.2) is 0 Å². The number of anilines is 1. The van der Waals surface area contributed by atoms with Crippen LogP contribution in [0.3, 0.4) is 0 Å². The molecule has 1 aliphatic heterocycles. The summed E-state index contributed by atoms with van der Waals surface area (Å²) in [6.45, 7) is 7.30. The van der Waals surface area contributed by atoms with E-state index in [9.17, 15) is 9.59 Å². The van der Waals surface area contributed by atoms with Gasteiger partial charge in [-0.05, 0) is 69.0 Å². The fourth-order valence-corrected chi connectivity index (χ4v) is 3.33. The van der Waals surface area contributed by atoms with Crippen LogP contribution < -0.4 is 10.1 Å². The van der Waals surface area contributed by atoms with E-state index >= 15 is 0 Å². The first kappa shape index (κ1) is 19.9. The maximum Gasteiger partial charge on any atom is 0.260 e. The van der Waals surface area contributed by atoms with E-state index in [0.29, 0.717) is 31.7 Å². The highest BCUT2D eigenvalue weighted by molar-refractivity contribution is 5.93. The molecule has 0 aromatic heterocycles. The fourth-order valence-electron chi connectivity index (χ4n) is 3.33. The molecule has 0 spiro atoms. The second-order valence-corrected chi connectivity index (χ2v) is 7.55. The van der Waals surface area contributed by atoms with Crippen molar-refractivity contribution < 1.29 is 14.3 Å². The van der Waals surface area contributed by atoms with Crippen molar-refractivity contribution in [2.24, 2.45) is 5.92 Å². The Bertz CT molecular complexity index is 837. The molecule has 148 valence electrons. The molecule has 28 heavy (non-hydrogen) atoms. The van der Waals surface area contributed by atoms with Crippen molar-refractivity contribution in [1.29, 1.82) is 0 Å². The molecule has 1 saturated heterocycles. The molecule has 0 unspecified atom stereocenters. The molecular weight excluding hydrogens is 352 g/mol. The van der Waals surface area contributed by atoms with Crippen molar-refractivity contribution >= 4 is 17.5 Å². The van der Waals surface area contributed by atoms with E-state index in [-0.39, 0.29) is 24.3 Å². The Hall–Kier alpha value is -2.82. The Morgan fingerprint density at radius 3 is 2.32 bits per heavy atom. The number of hydrogen-bond acceptors (Lipinski definition) is 3. The van der Waals surface area contributed by atoms with E-state index in [2.05, 4.69) is 12.2 Å². The Labute approximate surface area is 166 Å². The van der Waals surface area contributed by atoms with Gasteiger partial charge in [-0.1, -0.05) is 23.8 Å². The lowest BCUT2D eigenvalue weighted by atomic mass is 9.95.